The predicted molar refractivity (Wildman–Crippen MR) is 109 cm³/mol. The third-order valence-electron chi connectivity index (χ3n) is 5.35. The van der Waals surface area contributed by atoms with Crippen LogP contribution in [-0.2, 0) is 4.79 Å². The minimum atomic E-state index is -0.224. The molecule has 7 heteroatoms. The van der Waals surface area contributed by atoms with Crippen LogP contribution in [0.5, 0.6) is 0 Å². The minimum Gasteiger partial charge on any atom is -0.319 e. The lowest BCUT2D eigenvalue weighted by atomic mass is 10.1. The molecule has 146 valence electrons. The van der Waals surface area contributed by atoms with E-state index in [4.69, 9.17) is 0 Å². The Morgan fingerprint density at radius 1 is 1.11 bits per heavy atom. The van der Waals surface area contributed by atoms with Crippen LogP contribution >= 0.6 is 0 Å². The van der Waals surface area contributed by atoms with Crippen molar-refractivity contribution in [1.82, 2.24) is 14.8 Å². The minimum absolute atomic E-state index is 0.0435. The Hall–Kier alpha value is -2.77. The first-order valence-electron chi connectivity index (χ1n) is 9.73. The zero-order valence-corrected chi connectivity index (χ0v) is 16.1. The molecule has 0 spiro atoms. The molecule has 0 atom stereocenters. The van der Waals surface area contributed by atoms with Gasteiger partial charge in [-0.2, -0.15) is 0 Å². The van der Waals surface area contributed by atoms with Crippen LogP contribution in [0.25, 0.3) is 0 Å². The van der Waals surface area contributed by atoms with Crippen molar-refractivity contribution >= 4 is 29.0 Å². The second-order valence-corrected chi connectivity index (χ2v) is 7.32. The van der Waals surface area contributed by atoms with Crippen molar-refractivity contribution in [3.63, 3.8) is 0 Å². The van der Waals surface area contributed by atoms with Crippen LogP contribution in [0.15, 0.2) is 42.6 Å². The van der Waals surface area contributed by atoms with E-state index in [-0.39, 0.29) is 11.8 Å². The number of rotatable bonds is 4. The molecule has 0 saturated carbocycles. The lowest BCUT2D eigenvalue weighted by Gasteiger charge is -2.32. The number of carbonyl (C=O) groups is 2. The summed E-state index contributed by atoms with van der Waals surface area (Å²) in [5.74, 6) is 0.209. The van der Waals surface area contributed by atoms with Gasteiger partial charge >= 0.3 is 0 Å². The standard InChI is InChI=1S/C21H25N5O2/c1-24-12-14-25(15-13-24)11-5-9-19(27)26-18-8-3-2-6-16(18)21(28)23-17-7-4-10-22-20(17)26/h2-4,6-8,10H,5,9,11-15H2,1H3,(H,23,28). The van der Waals surface area contributed by atoms with E-state index >= 15 is 0 Å². The molecule has 3 heterocycles. The maximum atomic E-state index is 13.2. The third kappa shape index (κ3) is 3.76. The lowest BCUT2D eigenvalue weighted by Crippen LogP contribution is -2.44. The molecule has 4 rings (SSSR count). The van der Waals surface area contributed by atoms with Crippen LogP contribution in [0.3, 0.4) is 0 Å². The number of piperazine rings is 1. The first-order valence-corrected chi connectivity index (χ1v) is 9.73. The van der Waals surface area contributed by atoms with Gasteiger partial charge in [0.15, 0.2) is 5.82 Å². The number of nitrogens with zero attached hydrogens (tertiary/aromatic N) is 4. The normalized spacial score (nSPS) is 17.5. The summed E-state index contributed by atoms with van der Waals surface area (Å²) < 4.78 is 0. The number of hydrogen-bond donors (Lipinski definition) is 1. The zero-order valence-electron chi connectivity index (χ0n) is 16.1. The highest BCUT2D eigenvalue weighted by molar-refractivity contribution is 6.17. The number of benzene rings is 1. The Morgan fingerprint density at radius 3 is 2.71 bits per heavy atom. The maximum absolute atomic E-state index is 13.2. The van der Waals surface area contributed by atoms with E-state index in [9.17, 15) is 9.59 Å². The van der Waals surface area contributed by atoms with Gasteiger partial charge in [0.1, 0.15) is 0 Å². The second kappa shape index (κ2) is 8.08. The number of carbonyl (C=O) groups excluding carboxylic acids is 2. The summed E-state index contributed by atoms with van der Waals surface area (Å²) >= 11 is 0. The number of aromatic nitrogens is 1. The smallest absolute Gasteiger partial charge is 0.257 e. The number of pyridine rings is 1. The molecule has 7 nitrogen and oxygen atoms in total. The van der Waals surface area contributed by atoms with Gasteiger partial charge in [-0.3, -0.25) is 14.5 Å². The topological polar surface area (TPSA) is 68.8 Å². The Balaban J connectivity index is 1.53. The summed E-state index contributed by atoms with van der Waals surface area (Å²) in [4.78, 5) is 36.5. The zero-order chi connectivity index (χ0) is 19.5. The highest BCUT2D eigenvalue weighted by atomic mass is 16.2. The van der Waals surface area contributed by atoms with Gasteiger partial charge < -0.3 is 15.1 Å². The first-order chi connectivity index (χ1) is 13.6. The van der Waals surface area contributed by atoms with Crippen LogP contribution in [-0.4, -0.2) is 66.4 Å². The molecule has 2 aliphatic rings. The molecule has 0 aliphatic carbocycles. The number of amides is 2. The SMILES string of the molecule is CN1CCN(CCCC(=O)N2c3ccccc3C(=O)Nc3cccnc32)CC1. The van der Waals surface area contributed by atoms with Crippen LogP contribution in [0.2, 0.25) is 0 Å². The van der Waals surface area contributed by atoms with Crippen molar-refractivity contribution in [3.05, 3.63) is 48.2 Å². The monoisotopic (exact) mass is 379 g/mol. The highest BCUT2D eigenvalue weighted by Crippen LogP contribution is 2.36. The number of anilines is 3. The van der Waals surface area contributed by atoms with Crippen molar-refractivity contribution in [3.8, 4) is 0 Å². The van der Waals surface area contributed by atoms with Crippen LogP contribution in [0.1, 0.15) is 23.2 Å². The van der Waals surface area contributed by atoms with Gasteiger partial charge in [-0.1, -0.05) is 12.1 Å². The molecule has 0 radical (unpaired) electrons. The Kier molecular flexibility index (Phi) is 5.36. The van der Waals surface area contributed by atoms with E-state index in [0.29, 0.717) is 29.2 Å². The number of para-hydroxylation sites is 1. The molecule has 28 heavy (non-hydrogen) atoms. The number of fused-ring (bicyclic) bond motifs is 2. The van der Waals surface area contributed by atoms with Gasteiger partial charge in [-0.25, -0.2) is 4.98 Å². The molecule has 1 N–H and O–H groups in total. The molecule has 1 aromatic carbocycles. The molecule has 1 saturated heterocycles. The fourth-order valence-corrected chi connectivity index (χ4v) is 3.73. The molecule has 0 unspecified atom stereocenters. The van der Waals surface area contributed by atoms with E-state index in [1.165, 1.54) is 0 Å². The Labute approximate surface area is 164 Å². The number of likely N-dealkylation sites (N-methyl/N-ethyl adjacent to an activating group) is 1. The van der Waals surface area contributed by atoms with Crippen molar-refractivity contribution < 1.29 is 9.59 Å². The summed E-state index contributed by atoms with van der Waals surface area (Å²) in [6.07, 6.45) is 2.83. The van der Waals surface area contributed by atoms with Crippen LogP contribution < -0.4 is 10.2 Å². The second-order valence-electron chi connectivity index (χ2n) is 7.32. The first kappa shape index (κ1) is 18.6. The number of nitrogens with one attached hydrogen (secondary N) is 1. The van der Waals surface area contributed by atoms with Crippen molar-refractivity contribution in [2.75, 3.05) is 50.0 Å². The van der Waals surface area contributed by atoms with Crippen LogP contribution in [0.4, 0.5) is 17.2 Å². The van der Waals surface area contributed by atoms with Gasteiger partial charge in [0.05, 0.1) is 16.9 Å². The summed E-state index contributed by atoms with van der Waals surface area (Å²) in [6.45, 7) is 5.12. The van der Waals surface area contributed by atoms with Gasteiger partial charge in [-0.15, -0.1) is 0 Å². The van der Waals surface area contributed by atoms with E-state index in [1.54, 1.807) is 41.4 Å². The maximum Gasteiger partial charge on any atom is 0.257 e. The lowest BCUT2D eigenvalue weighted by molar-refractivity contribution is -0.118. The fourth-order valence-electron chi connectivity index (χ4n) is 3.73. The molecule has 1 fully saturated rings. The van der Waals surface area contributed by atoms with E-state index in [1.807, 2.05) is 6.07 Å². The molecule has 2 aliphatic heterocycles. The van der Waals surface area contributed by atoms with Gasteiger partial charge in [0.25, 0.3) is 5.91 Å². The van der Waals surface area contributed by atoms with E-state index in [0.717, 1.165) is 39.1 Å². The fraction of sp³-hybridized carbons (Fsp3) is 0.381. The largest absolute Gasteiger partial charge is 0.319 e. The van der Waals surface area contributed by atoms with E-state index < -0.39 is 0 Å². The average Bonchev–Trinajstić information content (AvgIpc) is 2.83. The summed E-state index contributed by atoms with van der Waals surface area (Å²) in [5.41, 5.74) is 1.62. The third-order valence-corrected chi connectivity index (χ3v) is 5.35. The molecule has 1 aromatic heterocycles. The molecular formula is C21H25N5O2. The van der Waals surface area contributed by atoms with Gasteiger partial charge in [0.2, 0.25) is 5.91 Å². The summed E-state index contributed by atoms with van der Waals surface area (Å²) in [7, 11) is 2.14. The highest BCUT2D eigenvalue weighted by Gasteiger charge is 2.29. The van der Waals surface area contributed by atoms with Crippen molar-refractivity contribution in [2.24, 2.45) is 0 Å². The Bertz CT molecular complexity index is 877. The average molecular weight is 379 g/mol. The Morgan fingerprint density at radius 2 is 1.89 bits per heavy atom. The van der Waals surface area contributed by atoms with E-state index in [2.05, 4.69) is 27.1 Å². The van der Waals surface area contributed by atoms with Crippen LogP contribution in [0, 0.1) is 0 Å². The summed E-state index contributed by atoms with van der Waals surface area (Å²) in [5, 5.41) is 2.87. The molecular weight excluding hydrogens is 354 g/mol. The molecule has 0 bridgehead atoms. The van der Waals surface area contributed by atoms with Gasteiger partial charge in [-0.05, 0) is 44.3 Å². The van der Waals surface area contributed by atoms with Crippen molar-refractivity contribution in [1.29, 1.82) is 0 Å². The van der Waals surface area contributed by atoms with Crippen molar-refractivity contribution in [2.45, 2.75) is 12.8 Å². The molecule has 2 aromatic rings. The predicted octanol–water partition coefficient (Wildman–Crippen LogP) is 2.34. The van der Waals surface area contributed by atoms with Gasteiger partial charge in [0, 0.05) is 38.8 Å². The summed E-state index contributed by atoms with van der Waals surface area (Å²) in [6, 6.07) is 10.7. The quantitative estimate of drug-likeness (QED) is 0.883. The molecule has 2 amide bonds. The number of hydrogen-bond acceptors (Lipinski definition) is 5.